The van der Waals surface area contributed by atoms with Gasteiger partial charge in [-0.2, -0.15) is 18.2 Å². The van der Waals surface area contributed by atoms with E-state index in [9.17, 15) is 13.2 Å². The van der Waals surface area contributed by atoms with Crippen LogP contribution < -0.4 is 10.2 Å². The number of aliphatic hydroxyl groups is 1. The molecule has 3 aromatic heterocycles. The van der Waals surface area contributed by atoms with Crippen molar-refractivity contribution in [2.45, 2.75) is 39.0 Å². The summed E-state index contributed by atoms with van der Waals surface area (Å²) in [4.78, 5) is 13.0. The third-order valence-corrected chi connectivity index (χ3v) is 5.99. The number of nitrogens with one attached hydrogen (secondary N) is 1. The second kappa shape index (κ2) is 7.41. The fraction of sp³-hybridized carbons (Fsp3) is 0.529. The molecule has 0 saturated carbocycles. The highest BCUT2D eigenvalue weighted by molar-refractivity contribution is 7.18. The highest BCUT2D eigenvalue weighted by atomic mass is 32.1. The number of thiophene rings is 1. The van der Waals surface area contributed by atoms with Crippen molar-refractivity contribution in [3.63, 3.8) is 0 Å². The van der Waals surface area contributed by atoms with E-state index in [1.54, 1.807) is 11.3 Å². The summed E-state index contributed by atoms with van der Waals surface area (Å²) < 4.78 is 40.4. The highest BCUT2D eigenvalue weighted by Gasteiger charge is 2.39. The van der Waals surface area contributed by atoms with Gasteiger partial charge in [0.05, 0.1) is 18.5 Å². The summed E-state index contributed by atoms with van der Waals surface area (Å²) in [7, 11) is 0. The molecule has 1 aliphatic heterocycles. The first kappa shape index (κ1) is 19.8. The van der Waals surface area contributed by atoms with Gasteiger partial charge in [0.1, 0.15) is 10.6 Å². The number of rotatable bonds is 5. The molecule has 0 saturated heterocycles. The normalized spacial score (nSPS) is 14.7. The second-order valence-corrected chi connectivity index (χ2v) is 8.12. The largest absolute Gasteiger partial charge is 0.451 e. The van der Waals surface area contributed by atoms with Crippen LogP contribution in [0.2, 0.25) is 0 Å². The Morgan fingerprint density at radius 3 is 2.72 bits per heavy atom. The summed E-state index contributed by atoms with van der Waals surface area (Å²) in [6.45, 7) is 5.04. The first-order chi connectivity index (χ1) is 13.8. The summed E-state index contributed by atoms with van der Waals surface area (Å²) in [5.41, 5.74) is 0. The molecule has 0 bridgehead atoms. The van der Waals surface area contributed by atoms with E-state index >= 15 is 0 Å². The predicted molar refractivity (Wildman–Crippen MR) is 103 cm³/mol. The van der Waals surface area contributed by atoms with Gasteiger partial charge in [-0.1, -0.05) is 13.8 Å². The van der Waals surface area contributed by atoms with Gasteiger partial charge in [0.25, 0.3) is 0 Å². The van der Waals surface area contributed by atoms with Gasteiger partial charge >= 0.3 is 6.18 Å². The topological polar surface area (TPSA) is 92.0 Å². The van der Waals surface area contributed by atoms with Crippen LogP contribution in [0.3, 0.4) is 0 Å². The fourth-order valence-electron chi connectivity index (χ4n) is 3.25. The SMILES string of the molecule is CC(C)c1cc2c(N3CCn4c(nnc4C(F)(F)F)C3)nc(NCCO)nc2s1. The molecule has 0 aromatic carbocycles. The zero-order valence-corrected chi connectivity index (χ0v) is 16.7. The summed E-state index contributed by atoms with van der Waals surface area (Å²) in [6, 6.07) is 2.04. The molecule has 12 heteroatoms. The van der Waals surface area contributed by atoms with E-state index < -0.39 is 12.0 Å². The van der Waals surface area contributed by atoms with Crippen LogP contribution in [0.4, 0.5) is 24.9 Å². The van der Waals surface area contributed by atoms with Crippen LogP contribution in [-0.2, 0) is 19.3 Å². The van der Waals surface area contributed by atoms with Crippen LogP contribution in [0, 0.1) is 0 Å². The lowest BCUT2D eigenvalue weighted by Gasteiger charge is -2.29. The Morgan fingerprint density at radius 1 is 1.24 bits per heavy atom. The molecule has 0 fully saturated rings. The number of alkyl halides is 3. The molecule has 2 N–H and O–H groups in total. The van der Waals surface area contributed by atoms with E-state index in [0.29, 0.717) is 30.8 Å². The molecule has 0 spiro atoms. The Labute approximate surface area is 168 Å². The molecular weight excluding hydrogens is 407 g/mol. The van der Waals surface area contributed by atoms with Crippen LogP contribution in [0.5, 0.6) is 0 Å². The van der Waals surface area contributed by atoms with Gasteiger partial charge in [-0.05, 0) is 12.0 Å². The number of hydrogen-bond acceptors (Lipinski definition) is 8. The van der Waals surface area contributed by atoms with Crippen LogP contribution in [-0.4, -0.2) is 49.5 Å². The molecule has 29 heavy (non-hydrogen) atoms. The smallest absolute Gasteiger partial charge is 0.395 e. The van der Waals surface area contributed by atoms with Gasteiger partial charge < -0.3 is 19.9 Å². The molecule has 0 radical (unpaired) electrons. The van der Waals surface area contributed by atoms with Crippen molar-refractivity contribution in [3.8, 4) is 0 Å². The molecule has 3 aromatic rings. The van der Waals surface area contributed by atoms with Gasteiger partial charge in [0, 0.05) is 24.5 Å². The van der Waals surface area contributed by atoms with E-state index in [1.165, 1.54) is 0 Å². The number of aliphatic hydroxyl groups excluding tert-OH is 1. The average Bonchev–Trinajstić information content (AvgIpc) is 3.28. The first-order valence-electron chi connectivity index (χ1n) is 9.18. The maximum Gasteiger partial charge on any atom is 0.451 e. The van der Waals surface area contributed by atoms with Crippen molar-refractivity contribution in [2.75, 3.05) is 29.9 Å². The minimum Gasteiger partial charge on any atom is -0.395 e. The van der Waals surface area contributed by atoms with Crippen LogP contribution >= 0.6 is 11.3 Å². The Kier molecular flexibility index (Phi) is 5.07. The molecule has 0 unspecified atom stereocenters. The van der Waals surface area contributed by atoms with Crippen molar-refractivity contribution in [1.29, 1.82) is 0 Å². The fourth-order valence-corrected chi connectivity index (χ4v) is 4.27. The number of halogens is 3. The number of aromatic nitrogens is 5. The van der Waals surface area contributed by atoms with Crippen molar-refractivity contribution in [2.24, 2.45) is 0 Å². The van der Waals surface area contributed by atoms with Crippen LogP contribution in [0.1, 0.15) is 36.3 Å². The molecule has 4 rings (SSSR count). The molecule has 0 amide bonds. The number of anilines is 2. The van der Waals surface area contributed by atoms with E-state index in [0.717, 1.165) is 19.7 Å². The summed E-state index contributed by atoms with van der Waals surface area (Å²) in [6.07, 6.45) is -4.53. The van der Waals surface area contributed by atoms with Gasteiger partial charge in [0.2, 0.25) is 11.8 Å². The zero-order chi connectivity index (χ0) is 20.8. The Morgan fingerprint density at radius 2 is 2.03 bits per heavy atom. The van der Waals surface area contributed by atoms with Gasteiger partial charge in [-0.15, -0.1) is 21.5 Å². The van der Waals surface area contributed by atoms with E-state index in [-0.39, 0.29) is 25.5 Å². The number of hydrogen-bond donors (Lipinski definition) is 2. The van der Waals surface area contributed by atoms with Crippen molar-refractivity contribution < 1.29 is 18.3 Å². The Bertz CT molecular complexity index is 1030. The van der Waals surface area contributed by atoms with Crippen LogP contribution in [0.25, 0.3) is 10.2 Å². The molecule has 8 nitrogen and oxygen atoms in total. The Balaban J connectivity index is 1.73. The van der Waals surface area contributed by atoms with E-state index in [4.69, 9.17) is 5.11 Å². The summed E-state index contributed by atoms with van der Waals surface area (Å²) >= 11 is 1.56. The van der Waals surface area contributed by atoms with Crippen molar-refractivity contribution in [1.82, 2.24) is 24.7 Å². The van der Waals surface area contributed by atoms with Gasteiger partial charge in [0.15, 0.2) is 5.82 Å². The zero-order valence-electron chi connectivity index (χ0n) is 15.9. The lowest BCUT2D eigenvalue weighted by molar-refractivity contribution is -0.147. The predicted octanol–water partition coefficient (Wildman–Crippen LogP) is 2.85. The standard InChI is InChI=1S/C17H20F3N7OS/c1-9(2)11-7-10-13(22-16(21-3-6-28)23-14(10)29-11)26-4-5-27-12(8-26)24-25-15(27)17(18,19)20/h7,9,28H,3-6,8H2,1-2H3,(H,21,22,23). The lowest BCUT2D eigenvalue weighted by atomic mass is 10.1. The minimum absolute atomic E-state index is 0.0640. The maximum atomic E-state index is 13.1. The third-order valence-electron chi connectivity index (χ3n) is 4.66. The second-order valence-electron chi connectivity index (χ2n) is 7.05. The average molecular weight is 427 g/mol. The molecular formula is C17H20F3N7OS. The molecule has 0 atom stereocenters. The minimum atomic E-state index is -4.53. The number of nitrogens with zero attached hydrogens (tertiary/aromatic N) is 6. The van der Waals surface area contributed by atoms with Gasteiger partial charge in [-0.25, -0.2) is 4.98 Å². The molecule has 0 aliphatic carbocycles. The maximum absolute atomic E-state index is 13.1. The highest BCUT2D eigenvalue weighted by Crippen LogP contribution is 2.37. The van der Waals surface area contributed by atoms with E-state index in [2.05, 4.69) is 39.3 Å². The number of fused-ring (bicyclic) bond motifs is 2. The van der Waals surface area contributed by atoms with E-state index in [1.807, 2.05) is 11.0 Å². The van der Waals surface area contributed by atoms with Crippen molar-refractivity contribution in [3.05, 3.63) is 22.6 Å². The summed E-state index contributed by atoms with van der Waals surface area (Å²) in [5.74, 6) is 0.611. The third kappa shape index (κ3) is 3.73. The molecule has 1 aliphatic rings. The Hall–Kier alpha value is -2.47. The summed E-state index contributed by atoms with van der Waals surface area (Å²) in [5, 5.41) is 20.0. The molecule has 156 valence electrons. The monoisotopic (exact) mass is 427 g/mol. The lowest BCUT2D eigenvalue weighted by Crippen LogP contribution is -2.36. The quantitative estimate of drug-likeness (QED) is 0.647. The van der Waals surface area contributed by atoms with Crippen molar-refractivity contribution >= 4 is 33.3 Å². The first-order valence-corrected chi connectivity index (χ1v) is 10.00. The van der Waals surface area contributed by atoms with Crippen LogP contribution in [0.15, 0.2) is 6.07 Å². The molecule has 4 heterocycles. The van der Waals surface area contributed by atoms with Gasteiger partial charge in [-0.3, -0.25) is 0 Å².